The highest BCUT2D eigenvalue weighted by molar-refractivity contribution is 5.76. The topological polar surface area (TPSA) is 90.3 Å². The number of carbonyl (C=O) groups is 2. The Hall–Kier alpha value is -1.34. The second-order valence-electron chi connectivity index (χ2n) is 5.28. The highest BCUT2D eigenvalue weighted by Crippen LogP contribution is 2.26. The van der Waals surface area contributed by atoms with Crippen LogP contribution in [0.4, 0.5) is 4.79 Å². The minimum absolute atomic E-state index is 0.00597. The van der Waals surface area contributed by atoms with Crippen molar-refractivity contribution >= 4 is 12.0 Å². The number of carboxylic acids is 1. The van der Waals surface area contributed by atoms with Gasteiger partial charge >= 0.3 is 12.0 Å². The Morgan fingerprint density at radius 2 is 2.00 bits per heavy atom. The number of likely N-dealkylation sites (tertiary alicyclic amines) is 1. The molecule has 110 valence electrons. The van der Waals surface area contributed by atoms with Crippen LogP contribution in [0.25, 0.3) is 0 Å². The van der Waals surface area contributed by atoms with Crippen LogP contribution in [0, 0.1) is 0 Å². The zero-order chi connectivity index (χ0) is 14.6. The lowest BCUT2D eigenvalue weighted by Gasteiger charge is -2.49. The van der Waals surface area contributed by atoms with E-state index < -0.39 is 11.6 Å². The number of ether oxygens (including phenoxy) is 1. The molecular weight excluding hydrogens is 252 g/mol. The quantitative estimate of drug-likeness (QED) is 0.710. The third-order valence-corrected chi connectivity index (χ3v) is 3.08. The van der Waals surface area contributed by atoms with Gasteiger partial charge in [-0.05, 0) is 20.8 Å². The standard InChI is InChI=1S/C12H22N2O5/c1-9(2)14(4-5-15)11(18)13-7-12(3,8-13)19-6-10(16)17/h9,15H,4-8H2,1-3H3,(H,16,17). The van der Waals surface area contributed by atoms with E-state index in [0.717, 1.165) is 0 Å². The van der Waals surface area contributed by atoms with Crippen LogP contribution in [0.1, 0.15) is 20.8 Å². The van der Waals surface area contributed by atoms with Crippen molar-refractivity contribution in [2.75, 3.05) is 32.8 Å². The Kier molecular flexibility index (Phi) is 5.13. The summed E-state index contributed by atoms with van der Waals surface area (Å²) in [5, 5.41) is 17.5. The Bertz CT molecular complexity index is 339. The molecule has 0 aromatic rings. The summed E-state index contributed by atoms with van der Waals surface area (Å²) >= 11 is 0. The number of rotatable bonds is 6. The molecule has 0 aromatic heterocycles. The maximum atomic E-state index is 12.2. The van der Waals surface area contributed by atoms with Crippen LogP contribution in [0.5, 0.6) is 0 Å². The molecule has 19 heavy (non-hydrogen) atoms. The second-order valence-corrected chi connectivity index (χ2v) is 5.28. The molecule has 7 heteroatoms. The van der Waals surface area contributed by atoms with Gasteiger partial charge in [0, 0.05) is 12.6 Å². The van der Waals surface area contributed by atoms with E-state index in [2.05, 4.69) is 0 Å². The average Bonchev–Trinajstić information content (AvgIpc) is 2.28. The number of hydrogen-bond acceptors (Lipinski definition) is 4. The van der Waals surface area contributed by atoms with Gasteiger partial charge in [-0.3, -0.25) is 0 Å². The first-order valence-corrected chi connectivity index (χ1v) is 6.31. The number of nitrogens with zero attached hydrogens (tertiary/aromatic N) is 2. The van der Waals surface area contributed by atoms with Gasteiger partial charge in [0.2, 0.25) is 0 Å². The summed E-state index contributed by atoms with van der Waals surface area (Å²) in [4.78, 5) is 25.8. The van der Waals surface area contributed by atoms with Gasteiger partial charge in [0.1, 0.15) is 12.2 Å². The molecule has 1 saturated heterocycles. The largest absolute Gasteiger partial charge is 0.480 e. The molecule has 7 nitrogen and oxygen atoms in total. The van der Waals surface area contributed by atoms with E-state index in [4.69, 9.17) is 14.9 Å². The van der Waals surface area contributed by atoms with Crippen molar-refractivity contribution in [3.63, 3.8) is 0 Å². The van der Waals surface area contributed by atoms with Crippen molar-refractivity contribution in [2.24, 2.45) is 0 Å². The van der Waals surface area contributed by atoms with Crippen molar-refractivity contribution in [1.82, 2.24) is 9.80 Å². The zero-order valence-corrected chi connectivity index (χ0v) is 11.6. The second kappa shape index (κ2) is 6.21. The van der Waals surface area contributed by atoms with Gasteiger partial charge in [-0.1, -0.05) is 0 Å². The number of aliphatic hydroxyl groups is 1. The van der Waals surface area contributed by atoms with Gasteiger partial charge in [-0.25, -0.2) is 9.59 Å². The normalized spacial score (nSPS) is 17.2. The fourth-order valence-corrected chi connectivity index (χ4v) is 2.09. The Balaban J connectivity index is 2.47. The SMILES string of the molecule is CC(C)N(CCO)C(=O)N1CC(C)(OCC(=O)O)C1. The van der Waals surface area contributed by atoms with E-state index in [1.54, 1.807) is 16.7 Å². The van der Waals surface area contributed by atoms with Gasteiger partial charge in [0.15, 0.2) is 0 Å². The summed E-state index contributed by atoms with van der Waals surface area (Å²) in [7, 11) is 0. The lowest BCUT2D eigenvalue weighted by Crippen LogP contribution is -2.66. The lowest BCUT2D eigenvalue weighted by molar-refractivity contribution is -0.160. The number of urea groups is 1. The number of amides is 2. The number of carboxylic acid groups (broad SMARTS) is 1. The first-order valence-electron chi connectivity index (χ1n) is 6.31. The lowest BCUT2D eigenvalue weighted by atomic mass is 9.97. The molecule has 0 aromatic carbocycles. The smallest absolute Gasteiger partial charge is 0.329 e. The van der Waals surface area contributed by atoms with Gasteiger partial charge < -0.3 is 24.7 Å². The average molecular weight is 274 g/mol. The number of carbonyl (C=O) groups excluding carboxylic acids is 1. The Morgan fingerprint density at radius 1 is 1.42 bits per heavy atom. The predicted molar refractivity (Wildman–Crippen MR) is 67.9 cm³/mol. The van der Waals surface area contributed by atoms with Crippen LogP contribution in [0.3, 0.4) is 0 Å². The van der Waals surface area contributed by atoms with E-state index in [9.17, 15) is 9.59 Å². The van der Waals surface area contributed by atoms with E-state index in [-0.39, 0.29) is 25.3 Å². The first kappa shape index (κ1) is 15.7. The van der Waals surface area contributed by atoms with Crippen molar-refractivity contribution in [3.05, 3.63) is 0 Å². The van der Waals surface area contributed by atoms with Crippen LogP contribution in [0.2, 0.25) is 0 Å². The molecule has 0 bridgehead atoms. The molecule has 0 saturated carbocycles. The van der Waals surface area contributed by atoms with Crippen LogP contribution < -0.4 is 0 Å². The molecule has 0 unspecified atom stereocenters. The molecule has 1 fully saturated rings. The van der Waals surface area contributed by atoms with E-state index >= 15 is 0 Å². The first-order chi connectivity index (χ1) is 8.79. The molecular formula is C12H22N2O5. The molecule has 2 amide bonds. The summed E-state index contributed by atoms with van der Waals surface area (Å²) in [6, 6.07) is -0.146. The molecule has 0 atom stereocenters. The minimum atomic E-state index is -1.02. The van der Waals surface area contributed by atoms with Crippen LogP contribution in [-0.2, 0) is 9.53 Å². The zero-order valence-electron chi connectivity index (χ0n) is 11.6. The number of aliphatic carboxylic acids is 1. The van der Waals surface area contributed by atoms with Crippen molar-refractivity contribution in [2.45, 2.75) is 32.4 Å². The molecule has 2 N–H and O–H groups in total. The predicted octanol–water partition coefficient (Wildman–Crippen LogP) is -0.0154. The highest BCUT2D eigenvalue weighted by Gasteiger charge is 2.44. The van der Waals surface area contributed by atoms with Crippen molar-refractivity contribution < 1.29 is 24.5 Å². The molecule has 1 rings (SSSR count). The van der Waals surface area contributed by atoms with E-state index in [1.165, 1.54) is 0 Å². The maximum absolute atomic E-state index is 12.2. The summed E-state index contributed by atoms with van der Waals surface area (Å²) in [5.41, 5.74) is -0.587. The summed E-state index contributed by atoms with van der Waals surface area (Å²) in [6.45, 7) is 6.14. The Morgan fingerprint density at radius 3 is 2.42 bits per heavy atom. The van der Waals surface area contributed by atoms with Crippen molar-refractivity contribution in [1.29, 1.82) is 0 Å². The van der Waals surface area contributed by atoms with Gasteiger partial charge in [-0.2, -0.15) is 0 Å². The summed E-state index contributed by atoms with van der Waals surface area (Å²) in [5.74, 6) is -1.02. The van der Waals surface area contributed by atoms with Crippen LogP contribution in [-0.4, -0.2) is 76.5 Å². The summed E-state index contributed by atoms with van der Waals surface area (Å²) in [6.07, 6.45) is 0. The monoisotopic (exact) mass is 274 g/mol. The minimum Gasteiger partial charge on any atom is -0.480 e. The highest BCUT2D eigenvalue weighted by atomic mass is 16.5. The molecule has 1 aliphatic heterocycles. The van der Waals surface area contributed by atoms with Gasteiger partial charge in [0.05, 0.1) is 19.7 Å². The molecule has 1 aliphatic rings. The fourth-order valence-electron chi connectivity index (χ4n) is 2.09. The third-order valence-electron chi connectivity index (χ3n) is 3.08. The van der Waals surface area contributed by atoms with Crippen LogP contribution in [0.15, 0.2) is 0 Å². The number of aliphatic hydroxyl groups excluding tert-OH is 1. The Labute approximate surface area is 112 Å². The summed E-state index contributed by atoms with van der Waals surface area (Å²) < 4.78 is 5.25. The molecule has 0 radical (unpaired) electrons. The van der Waals surface area contributed by atoms with Gasteiger partial charge in [-0.15, -0.1) is 0 Å². The fraction of sp³-hybridized carbons (Fsp3) is 0.833. The molecule has 1 heterocycles. The van der Waals surface area contributed by atoms with Gasteiger partial charge in [0.25, 0.3) is 0 Å². The van der Waals surface area contributed by atoms with E-state index in [1.807, 2.05) is 13.8 Å². The third kappa shape index (κ3) is 4.07. The van der Waals surface area contributed by atoms with E-state index in [0.29, 0.717) is 19.6 Å². The maximum Gasteiger partial charge on any atom is 0.329 e. The van der Waals surface area contributed by atoms with Crippen molar-refractivity contribution in [3.8, 4) is 0 Å². The molecule has 0 aliphatic carbocycles. The van der Waals surface area contributed by atoms with Crippen LogP contribution >= 0.6 is 0 Å². The molecule has 0 spiro atoms. The number of hydrogen-bond donors (Lipinski definition) is 2.